The first-order chi connectivity index (χ1) is 12.3. The molecule has 2 saturated heterocycles. The molecule has 0 unspecified atom stereocenters. The van der Waals surface area contributed by atoms with Gasteiger partial charge in [0, 0.05) is 25.7 Å². The molecule has 3 heterocycles. The van der Waals surface area contributed by atoms with Crippen molar-refractivity contribution in [2.45, 2.75) is 50.8 Å². The van der Waals surface area contributed by atoms with Crippen LogP contribution < -0.4 is 10.6 Å². The Bertz CT molecular complexity index is 565. The van der Waals surface area contributed by atoms with Crippen LogP contribution in [0.1, 0.15) is 37.7 Å². The number of carbonyl (C=O) groups is 1. The maximum absolute atomic E-state index is 13.0. The van der Waals surface area contributed by atoms with E-state index in [1.807, 2.05) is 0 Å². The second kappa shape index (κ2) is 7.74. The largest absolute Gasteiger partial charge is 0.377 e. The molecule has 0 aromatic carbocycles. The molecule has 1 aromatic heterocycles. The Labute approximate surface area is 154 Å². The van der Waals surface area contributed by atoms with Crippen molar-refractivity contribution in [2.24, 2.45) is 5.41 Å². The number of thiophene rings is 1. The van der Waals surface area contributed by atoms with E-state index in [1.165, 1.54) is 24.8 Å². The lowest BCUT2D eigenvalue weighted by molar-refractivity contribution is -0.132. The quantitative estimate of drug-likeness (QED) is 0.778. The Balaban J connectivity index is 1.35. The second-order valence-electron chi connectivity index (χ2n) is 7.75. The molecule has 3 aliphatic rings. The van der Waals surface area contributed by atoms with Gasteiger partial charge >= 0.3 is 0 Å². The van der Waals surface area contributed by atoms with Crippen LogP contribution in [0.4, 0.5) is 0 Å². The van der Waals surface area contributed by atoms with Gasteiger partial charge in [-0.1, -0.05) is 0 Å². The normalized spacial score (nSPS) is 27.5. The SMILES string of the molecule is O=C(CNC[C@H]1CCCO1)N(Cc1ccsc1)[C@@H]1CC12CCNCC2. The van der Waals surface area contributed by atoms with Crippen LogP contribution in [-0.2, 0) is 16.1 Å². The van der Waals surface area contributed by atoms with E-state index < -0.39 is 0 Å². The molecule has 6 heteroatoms. The van der Waals surface area contributed by atoms with E-state index in [1.54, 1.807) is 11.3 Å². The van der Waals surface area contributed by atoms with Crippen LogP contribution >= 0.6 is 11.3 Å². The van der Waals surface area contributed by atoms with Crippen molar-refractivity contribution < 1.29 is 9.53 Å². The number of piperidine rings is 1. The van der Waals surface area contributed by atoms with Crippen molar-refractivity contribution in [3.05, 3.63) is 22.4 Å². The molecule has 0 radical (unpaired) electrons. The topological polar surface area (TPSA) is 53.6 Å². The molecule has 3 fully saturated rings. The molecule has 1 saturated carbocycles. The number of nitrogens with one attached hydrogen (secondary N) is 2. The van der Waals surface area contributed by atoms with E-state index in [9.17, 15) is 4.79 Å². The third kappa shape index (κ3) is 4.08. The number of rotatable bonds is 7. The van der Waals surface area contributed by atoms with E-state index in [-0.39, 0.29) is 12.0 Å². The fourth-order valence-electron chi connectivity index (χ4n) is 4.43. The minimum Gasteiger partial charge on any atom is -0.377 e. The average molecular weight is 364 g/mol. The molecular weight excluding hydrogens is 334 g/mol. The lowest BCUT2D eigenvalue weighted by Gasteiger charge is -2.30. The Morgan fingerprint density at radius 1 is 1.44 bits per heavy atom. The minimum atomic E-state index is 0.240. The van der Waals surface area contributed by atoms with Crippen LogP contribution in [0.2, 0.25) is 0 Å². The predicted octanol–water partition coefficient (Wildman–Crippen LogP) is 1.99. The van der Waals surface area contributed by atoms with Gasteiger partial charge in [0.1, 0.15) is 0 Å². The van der Waals surface area contributed by atoms with Gasteiger partial charge < -0.3 is 20.3 Å². The average Bonchev–Trinajstić information content (AvgIpc) is 3.07. The van der Waals surface area contributed by atoms with E-state index in [0.717, 1.165) is 45.6 Å². The van der Waals surface area contributed by atoms with Gasteiger partial charge in [-0.15, -0.1) is 0 Å². The monoisotopic (exact) mass is 363 g/mol. The molecule has 4 rings (SSSR count). The van der Waals surface area contributed by atoms with Crippen LogP contribution in [0.3, 0.4) is 0 Å². The fourth-order valence-corrected chi connectivity index (χ4v) is 5.09. The summed E-state index contributed by atoms with van der Waals surface area (Å²) in [4.78, 5) is 15.1. The Morgan fingerprint density at radius 2 is 2.32 bits per heavy atom. The molecule has 2 aliphatic heterocycles. The van der Waals surface area contributed by atoms with Crippen LogP contribution in [0.15, 0.2) is 16.8 Å². The van der Waals surface area contributed by atoms with Crippen LogP contribution in [-0.4, -0.2) is 55.7 Å². The highest BCUT2D eigenvalue weighted by atomic mass is 32.1. The summed E-state index contributed by atoms with van der Waals surface area (Å²) < 4.78 is 5.64. The molecule has 5 nitrogen and oxygen atoms in total. The number of nitrogens with zero attached hydrogens (tertiary/aromatic N) is 1. The summed E-state index contributed by atoms with van der Waals surface area (Å²) in [5, 5.41) is 11.0. The Hall–Kier alpha value is -0.950. The predicted molar refractivity (Wildman–Crippen MR) is 99.7 cm³/mol. The zero-order chi connectivity index (χ0) is 17.1. The van der Waals surface area contributed by atoms with E-state index in [4.69, 9.17) is 4.74 Å². The summed E-state index contributed by atoms with van der Waals surface area (Å²) in [5.74, 6) is 0.240. The highest BCUT2D eigenvalue weighted by Gasteiger charge is 2.57. The van der Waals surface area contributed by atoms with E-state index in [2.05, 4.69) is 32.4 Å². The first-order valence-electron chi connectivity index (χ1n) is 9.60. The molecular formula is C19H29N3O2S. The summed E-state index contributed by atoms with van der Waals surface area (Å²) in [6, 6.07) is 2.56. The van der Waals surface area contributed by atoms with Gasteiger partial charge in [-0.3, -0.25) is 4.79 Å². The third-order valence-electron chi connectivity index (χ3n) is 6.05. The van der Waals surface area contributed by atoms with Crippen molar-refractivity contribution in [1.29, 1.82) is 0 Å². The summed E-state index contributed by atoms with van der Waals surface area (Å²) in [6.45, 7) is 5.02. The highest BCUT2D eigenvalue weighted by Crippen LogP contribution is 2.56. The molecule has 0 bridgehead atoms. The Morgan fingerprint density at radius 3 is 3.04 bits per heavy atom. The molecule has 1 aliphatic carbocycles. The lowest BCUT2D eigenvalue weighted by atomic mass is 9.93. The number of ether oxygens (including phenoxy) is 1. The van der Waals surface area contributed by atoms with E-state index in [0.29, 0.717) is 18.0 Å². The van der Waals surface area contributed by atoms with Gasteiger partial charge in [0.15, 0.2) is 0 Å². The third-order valence-corrected chi connectivity index (χ3v) is 6.78. The molecule has 138 valence electrons. The number of carbonyl (C=O) groups excluding carboxylic acids is 1. The number of amides is 1. The smallest absolute Gasteiger partial charge is 0.237 e. The van der Waals surface area contributed by atoms with Gasteiger partial charge in [-0.25, -0.2) is 0 Å². The maximum Gasteiger partial charge on any atom is 0.237 e. The van der Waals surface area contributed by atoms with E-state index >= 15 is 0 Å². The molecule has 2 N–H and O–H groups in total. The van der Waals surface area contributed by atoms with Crippen LogP contribution in [0, 0.1) is 5.41 Å². The summed E-state index contributed by atoms with van der Waals surface area (Å²) in [5.41, 5.74) is 1.64. The number of hydrogen-bond acceptors (Lipinski definition) is 5. The minimum absolute atomic E-state index is 0.240. The second-order valence-corrected chi connectivity index (χ2v) is 8.53. The standard InChI is InChI=1S/C19H29N3O2S/c23-18(12-21-11-16-2-1-8-24-16)22(13-15-3-9-25-14-15)17-10-19(17)4-6-20-7-5-19/h3,9,14,16-17,20-21H,1-2,4-8,10-13H2/t16-,17-/m1/s1. The summed E-state index contributed by atoms with van der Waals surface area (Å²) >= 11 is 1.71. The summed E-state index contributed by atoms with van der Waals surface area (Å²) in [6.07, 6.45) is 6.12. The van der Waals surface area contributed by atoms with Crippen molar-refractivity contribution >= 4 is 17.2 Å². The van der Waals surface area contributed by atoms with Crippen LogP contribution in [0.5, 0.6) is 0 Å². The lowest BCUT2D eigenvalue weighted by Crippen LogP contribution is -2.43. The van der Waals surface area contributed by atoms with Crippen molar-refractivity contribution in [1.82, 2.24) is 15.5 Å². The molecule has 2 atom stereocenters. The zero-order valence-corrected chi connectivity index (χ0v) is 15.7. The van der Waals surface area contributed by atoms with Gasteiger partial charge in [0.25, 0.3) is 0 Å². The van der Waals surface area contributed by atoms with Crippen molar-refractivity contribution in [3.63, 3.8) is 0 Å². The van der Waals surface area contributed by atoms with Gasteiger partial charge in [-0.2, -0.15) is 11.3 Å². The first kappa shape index (κ1) is 17.5. The number of hydrogen-bond donors (Lipinski definition) is 2. The Kier molecular flexibility index (Phi) is 5.41. The maximum atomic E-state index is 13.0. The molecule has 1 amide bonds. The fraction of sp³-hybridized carbons (Fsp3) is 0.737. The van der Waals surface area contributed by atoms with Crippen molar-refractivity contribution in [2.75, 3.05) is 32.8 Å². The first-order valence-corrected chi connectivity index (χ1v) is 10.5. The van der Waals surface area contributed by atoms with Crippen molar-refractivity contribution in [3.8, 4) is 0 Å². The molecule has 1 spiro atoms. The van der Waals surface area contributed by atoms with Gasteiger partial charge in [0.2, 0.25) is 5.91 Å². The highest BCUT2D eigenvalue weighted by molar-refractivity contribution is 7.07. The molecule has 25 heavy (non-hydrogen) atoms. The molecule has 1 aromatic rings. The summed E-state index contributed by atoms with van der Waals surface area (Å²) in [7, 11) is 0. The van der Waals surface area contributed by atoms with Gasteiger partial charge in [-0.05, 0) is 73.0 Å². The van der Waals surface area contributed by atoms with Gasteiger partial charge in [0.05, 0.1) is 12.6 Å². The zero-order valence-electron chi connectivity index (χ0n) is 14.8. The van der Waals surface area contributed by atoms with Crippen LogP contribution in [0.25, 0.3) is 0 Å².